The normalized spacial score (nSPS) is 15.6. The number of hydrogen-bond acceptors (Lipinski definition) is 5. The first kappa shape index (κ1) is 29.5. The molecule has 2 aromatic rings. The summed E-state index contributed by atoms with van der Waals surface area (Å²) in [5.41, 5.74) is 5.82. The van der Waals surface area contributed by atoms with E-state index in [1.165, 1.54) is 42.4 Å². The van der Waals surface area contributed by atoms with Crippen LogP contribution >= 0.6 is 11.6 Å². The second-order valence-electron chi connectivity index (χ2n) is 9.83. The lowest BCUT2D eigenvalue weighted by molar-refractivity contribution is -0.143. The van der Waals surface area contributed by atoms with Gasteiger partial charge in [0, 0.05) is 18.2 Å². The van der Waals surface area contributed by atoms with Gasteiger partial charge in [0.25, 0.3) is 0 Å². The average molecular weight is 544 g/mol. The van der Waals surface area contributed by atoms with Crippen molar-refractivity contribution in [2.45, 2.75) is 70.8 Å². The Morgan fingerprint density at radius 1 is 0.868 bits per heavy atom. The van der Waals surface area contributed by atoms with Crippen molar-refractivity contribution in [1.29, 1.82) is 0 Å². The Balaban J connectivity index is 0.000000436. The minimum atomic E-state index is -1.08. The van der Waals surface area contributed by atoms with Crippen molar-refractivity contribution in [3.8, 4) is 0 Å². The molecule has 0 unspecified atom stereocenters. The molecule has 4 rings (SSSR count). The van der Waals surface area contributed by atoms with Crippen LogP contribution in [0.1, 0.15) is 68.1 Å². The van der Waals surface area contributed by atoms with Gasteiger partial charge in [-0.05, 0) is 73.7 Å². The summed E-state index contributed by atoms with van der Waals surface area (Å²) < 4.78 is 0. The number of amides is 1. The molecular formula is C29H38ClN3O5. The van der Waals surface area contributed by atoms with Crippen LogP contribution in [0, 0.1) is 5.92 Å². The lowest BCUT2D eigenvalue weighted by Crippen LogP contribution is -2.22. The fourth-order valence-electron chi connectivity index (χ4n) is 4.83. The molecule has 1 aliphatic carbocycles. The van der Waals surface area contributed by atoms with E-state index in [2.05, 4.69) is 34.1 Å². The Morgan fingerprint density at radius 3 is 2.13 bits per heavy atom. The minimum absolute atomic E-state index is 0.166. The summed E-state index contributed by atoms with van der Waals surface area (Å²) in [4.78, 5) is 31.9. The minimum Gasteiger partial charge on any atom is -0.481 e. The smallest absolute Gasteiger partial charge is 0.303 e. The highest BCUT2D eigenvalue weighted by Crippen LogP contribution is 2.31. The molecule has 0 spiro atoms. The zero-order chi connectivity index (χ0) is 27.3. The van der Waals surface area contributed by atoms with Gasteiger partial charge in [0.2, 0.25) is 5.91 Å². The number of hydrogen-bond donors (Lipinski definition) is 5. The Labute approximate surface area is 229 Å². The molecule has 9 heteroatoms. The molecule has 8 nitrogen and oxygen atoms in total. The number of anilines is 2. The number of nitrogens with one attached hydrogen (secondary N) is 3. The topological polar surface area (TPSA) is 128 Å². The molecule has 38 heavy (non-hydrogen) atoms. The third-order valence-corrected chi connectivity index (χ3v) is 7.27. The number of carbonyl (C=O) groups is 3. The quantitative estimate of drug-likeness (QED) is 0.279. The Bertz CT molecular complexity index is 1070. The maximum Gasteiger partial charge on any atom is 0.303 e. The molecule has 1 fully saturated rings. The van der Waals surface area contributed by atoms with Crippen LogP contribution in [0.15, 0.2) is 36.4 Å². The molecule has 0 atom stereocenters. The number of halogens is 1. The molecule has 206 valence electrons. The van der Waals surface area contributed by atoms with Gasteiger partial charge in [-0.2, -0.15) is 0 Å². The third-order valence-electron chi connectivity index (χ3n) is 6.95. The number of carbonyl (C=O) groups excluding carboxylic acids is 1. The van der Waals surface area contributed by atoms with Crippen molar-refractivity contribution >= 4 is 40.8 Å². The van der Waals surface area contributed by atoms with E-state index in [4.69, 9.17) is 21.8 Å². The number of carboxylic acid groups (broad SMARTS) is 2. The summed E-state index contributed by atoms with van der Waals surface area (Å²) in [5, 5.41) is 26.7. The van der Waals surface area contributed by atoms with Crippen LogP contribution in [0.2, 0.25) is 5.02 Å². The predicted octanol–water partition coefficient (Wildman–Crippen LogP) is 5.49. The highest BCUT2D eigenvalue weighted by atomic mass is 35.5. The Kier molecular flexibility index (Phi) is 11.9. The predicted molar refractivity (Wildman–Crippen MR) is 150 cm³/mol. The van der Waals surface area contributed by atoms with E-state index in [9.17, 15) is 14.4 Å². The summed E-state index contributed by atoms with van der Waals surface area (Å²) >= 11 is 6.52. The van der Waals surface area contributed by atoms with E-state index in [-0.39, 0.29) is 24.7 Å². The highest BCUT2D eigenvalue weighted by molar-refractivity contribution is 6.33. The van der Waals surface area contributed by atoms with Gasteiger partial charge in [-0.1, -0.05) is 55.5 Å². The summed E-state index contributed by atoms with van der Waals surface area (Å²) in [6.07, 6.45) is 8.34. The maximum atomic E-state index is 12.6. The number of aliphatic carboxylic acids is 2. The van der Waals surface area contributed by atoms with E-state index in [0.717, 1.165) is 55.2 Å². The molecule has 0 bridgehead atoms. The molecule has 1 amide bonds. The van der Waals surface area contributed by atoms with E-state index < -0.39 is 11.9 Å². The van der Waals surface area contributed by atoms with Gasteiger partial charge in [0.15, 0.2) is 0 Å². The third kappa shape index (κ3) is 9.65. The average Bonchev–Trinajstić information content (AvgIpc) is 3.32. The molecular weight excluding hydrogens is 506 g/mol. The second kappa shape index (κ2) is 15.3. The zero-order valence-electron chi connectivity index (χ0n) is 21.7. The first-order valence-electron chi connectivity index (χ1n) is 13.4. The largest absolute Gasteiger partial charge is 0.481 e. The number of fused-ring (bicyclic) bond motifs is 1. The fourth-order valence-corrected chi connectivity index (χ4v) is 5.07. The van der Waals surface area contributed by atoms with Crippen LogP contribution in [-0.2, 0) is 33.8 Å². The van der Waals surface area contributed by atoms with Gasteiger partial charge in [0.1, 0.15) is 0 Å². The van der Waals surface area contributed by atoms with Gasteiger partial charge >= 0.3 is 11.9 Å². The SMILES string of the molecule is O=C(Nc1ccc(CNc2c(Cl)ccc3c2CCNCC3)cc1)C1CCCCCC1.O=C(O)CCC(=O)O. The molecule has 1 aliphatic heterocycles. The van der Waals surface area contributed by atoms with Crippen LogP contribution in [0.5, 0.6) is 0 Å². The van der Waals surface area contributed by atoms with Crippen LogP contribution in [-0.4, -0.2) is 41.1 Å². The van der Waals surface area contributed by atoms with Crippen molar-refractivity contribution in [2.75, 3.05) is 23.7 Å². The fraction of sp³-hybridized carbons (Fsp3) is 0.483. The molecule has 2 aromatic carbocycles. The molecule has 2 aliphatic rings. The van der Waals surface area contributed by atoms with Crippen LogP contribution in [0.4, 0.5) is 11.4 Å². The van der Waals surface area contributed by atoms with Crippen molar-refractivity contribution in [3.05, 3.63) is 58.1 Å². The summed E-state index contributed by atoms with van der Waals surface area (Å²) in [5.74, 6) is -1.81. The number of rotatable bonds is 8. The van der Waals surface area contributed by atoms with Crippen molar-refractivity contribution < 1.29 is 24.6 Å². The first-order chi connectivity index (χ1) is 18.3. The van der Waals surface area contributed by atoms with Crippen LogP contribution in [0.25, 0.3) is 0 Å². The molecule has 0 radical (unpaired) electrons. The molecule has 0 aromatic heterocycles. The summed E-state index contributed by atoms with van der Waals surface area (Å²) in [7, 11) is 0. The lowest BCUT2D eigenvalue weighted by atomic mass is 9.99. The Morgan fingerprint density at radius 2 is 1.50 bits per heavy atom. The standard InChI is InChI=1S/C25H32ClN3O.C4H6O4/c26-23-12-9-19-13-15-27-16-14-22(19)24(23)28-17-18-7-10-21(11-8-18)29-25(30)20-5-3-1-2-4-6-20;5-3(6)1-2-4(7)8/h7-12,20,27-28H,1-6,13-17H2,(H,29,30);1-2H2,(H,5,6)(H,7,8). The van der Waals surface area contributed by atoms with Crippen molar-refractivity contribution in [2.24, 2.45) is 5.92 Å². The van der Waals surface area contributed by atoms with E-state index >= 15 is 0 Å². The van der Waals surface area contributed by atoms with Gasteiger partial charge in [-0.25, -0.2) is 0 Å². The summed E-state index contributed by atoms with van der Waals surface area (Å²) in [6, 6.07) is 12.3. The van der Waals surface area contributed by atoms with E-state index in [1.807, 2.05) is 18.2 Å². The molecule has 0 saturated heterocycles. The number of benzene rings is 2. The highest BCUT2D eigenvalue weighted by Gasteiger charge is 2.20. The molecule has 1 saturated carbocycles. The molecule has 1 heterocycles. The number of carboxylic acids is 2. The monoisotopic (exact) mass is 543 g/mol. The maximum absolute atomic E-state index is 12.6. The second-order valence-corrected chi connectivity index (χ2v) is 10.2. The van der Waals surface area contributed by atoms with Gasteiger partial charge in [-0.3, -0.25) is 14.4 Å². The summed E-state index contributed by atoms with van der Waals surface area (Å²) in [6.45, 7) is 2.71. The molecule has 5 N–H and O–H groups in total. The van der Waals surface area contributed by atoms with Crippen molar-refractivity contribution in [3.63, 3.8) is 0 Å². The van der Waals surface area contributed by atoms with Crippen LogP contribution < -0.4 is 16.0 Å². The van der Waals surface area contributed by atoms with Gasteiger partial charge in [-0.15, -0.1) is 0 Å². The van der Waals surface area contributed by atoms with Gasteiger partial charge in [0.05, 0.1) is 23.6 Å². The van der Waals surface area contributed by atoms with E-state index in [0.29, 0.717) is 6.54 Å². The van der Waals surface area contributed by atoms with E-state index in [1.54, 1.807) is 0 Å². The van der Waals surface area contributed by atoms with Gasteiger partial charge < -0.3 is 26.2 Å². The Hall–Kier alpha value is -3.10. The lowest BCUT2D eigenvalue weighted by Gasteiger charge is -2.17. The zero-order valence-corrected chi connectivity index (χ0v) is 22.5. The first-order valence-corrected chi connectivity index (χ1v) is 13.8. The van der Waals surface area contributed by atoms with Crippen molar-refractivity contribution in [1.82, 2.24) is 5.32 Å². The van der Waals surface area contributed by atoms with Crippen LogP contribution in [0.3, 0.4) is 0 Å².